The van der Waals surface area contributed by atoms with Crippen molar-refractivity contribution in [3.63, 3.8) is 0 Å². The lowest BCUT2D eigenvalue weighted by Gasteiger charge is -2.46. The van der Waals surface area contributed by atoms with Crippen molar-refractivity contribution in [2.75, 3.05) is 18.1 Å². The van der Waals surface area contributed by atoms with Crippen LogP contribution in [-0.2, 0) is 0 Å². The first-order valence-electron chi connectivity index (χ1n) is 4.57. The molecule has 0 aliphatic carbocycles. The van der Waals surface area contributed by atoms with Gasteiger partial charge in [0.2, 0.25) is 0 Å². The molecule has 2 nitrogen and oxygen atoms in total. The summed E-state index contributed by atoms with van der Waals surface area (Å²) in [6.45, 7) is 7.67. The SMILES string of the molecule is CC1(C)C[SH](N)CC(C)(CN)C1. The molecule has 4 N–H and O–H groups in total. The molecule has 1 saturated heterocycles. The van der Waals surface area contributed by atoms with Gasteiger partial charge in [-0.2, -0.15) is 0 Å². The highest BCUT2D eigenvalue weighted by atomic mass is 32.2. The summed E-state index contributed by atoms with van der Waals surface area (Å²) in [5.74, 6) is 2.36. The molecule has 2 atom stereocenters. The predicted octanol–water partition coefficient (Wildman–Crippen LogP) is 1.26. The molecule has 1 rings (SSSR count). The van der Waals surface area contributed by atoms with Crippen molar-refractivity contribution in [2.24, 2.45) is 21.7 Å². The van der Waals surface area contributed by atoms with Crippen molar-refractivity contribution < 1.29 is 0 Å². The Kier molecular flexibility index (Phi) is 2.76. The first-order chi connectivity index (χ1) is 5.37. The Morgan fingerprint density at radius 1 is 1.25 bits per heavy atom. The zero-order valence-electron chi connectivity index (χ0n) is 8.43. The Morgan fingerprint density at radius 3 is 2.25 bits per heavy atom. The summed E-state index contributed by atoms with van der Waals surface area (Å²) in [5.41, 5.74) is 6.49. The van der Waals surface area contributed by atoms with E-state index >= 15 is 0 Å². The van der Waals surface area contributed by atoms with E-state index < -0.39 is 0 Å². The average Bonchev–Trinajstić information content (AvgIpc) is 1.82. The number of hydrogen-bond acceptors (Lipinski definition) is 2. The summed E-state index contributed by atoms with van der Waals surface area (Å²) < 4.78 is 0. The third-order valence-electron chi connectivity index (χ3n) is 2.61. The van der Waals surface area contributed by atoms with Gasteiger partial charge >= 0.3 is 0 Å². The fraction of sp³-hybridized carbons (Fsp3) is 1.00. The smallest absolute Gasteiger partial charge is 0.00153 e. The number of hydrogen-bond donors (Lipinski definition) is 3. The van der Waals surface area contributed by atoms with Crippen LogP contribution in [-0.4, -0.2) is 18.1 Å². The molecule has 0 aromatic rings. The Bertz CT molecular complexity index is 170. The zero-order valence-corrected chi connectivity index (χ0v) is 9.32. The van der Waals surface area contributed by atoms with Gasteiger partial charge in [0.1, 0.15) is 0 Å². The lowest BCUT2D eigenvalue weighted by Crippen LogP contribution is -2.43. The third-order valence-corrected chi connectivity index (χ3v) is 5.05. The van der Waals surface area contributed by atoms with Gasteiger partial charge in [-0.15, -0.1) is 0 Å². The van der Waals surface area contributed by atoms with Gasteiger partial charge in [0.25, 0.3) is 0 Å². The highest BCUT2D eigenvalue weighted by Crippen LogP contribution is 2.47. The second-order valence-electron chi connectivity index (χ2n) is 5.26. The minimum atomic E-state index is -0.253. The highest BCUT2D eigenvalue weighted by Gasteiger charge is 2.37. The monoisotopic (exact) mass is 190 g/mol. The van der Waals surface area contributed by atoms with Crippen molar-refractivity contribution in [2.45, 2.75) is 27.2 Å². The van der Waals surface area contributed by atoms with E-state index in [1.165, 1.54) is 12.2 Å². The van der Waals surface area contributed by atoms with Crippen LogP contribution in [0.5, 0.6) is 0 Å². The second kappa shape index (κ2) is 3.20. The molecule has 3 heteroatoms. The summed E-state index contributed by atoms with van der Waals surface area (Å²) in [7, 11) is 0. The lowest BCUT2D eigenvalue weighted by atomic mass is 9.75. The Morgan fingerprint density at radius 2 is 1.83 bits per heavy atom. The van der Waals surface area contributed by atoms with Gasteiger partial charge in [-0.1, -0.05) is 20.8 Å². The van der Waals surface area contributed by atoms with E-state index in [2.05, 4.69) is 20.8 Å². The largest absolute Gasteiger partial charge is 0.330 e. The molecular formula is C9H22N2S. The van der Waals surface area contributed by atoms with Gasteiger partial charge in [-0.05, 0) is 35.3 Å². The van der Waals surface area contributed by atoms with E-state index in [1.807, 2.05) is 0 Å². The van der Waals surface area contributed by atoms with Crippen molar-refractivity contribution in [3.8, 4) is 0 Å². The summed E-state index contributed by atoms with van der Waals surface area (Å²) >= 11 is -0.253. The normalized spacial score (nSPS) is 44.2. The molecule has 0 saturated carbocycles. The topological polar surface area (TPSA) is 52.0 Å². The molecule has 0 aromatic carbocycles. The maximum absolute atomic E-state index is 6.07. The molecule has 0 bridgehead atoms. The molecule has 1 heterocycles. The zero-order chi connectivity index (χ0) is 9.41. The number of rotatable bonds is 1. The Labute approximate surface area is 78.6 Å². The average molecular weight is 190 g/mol. The van der Waals surface area contributed by atoms with E-state index in [0.29, 0.717) is 10.8 Å². The van der Waals surface area contributed by atoms with Crippen LogP contribution in [0.4, 0.5) is 0 Å². The third kappa shape index (κ3) is 2.38. The quantitative estimate of drug-likeness (QED) is 0.545. The fourth-order valence-corrected chi connectivity index (χ4v) is 5.04. The van der Waals surface area contributed by atoms with Crippen LogP contribution in [0.3, 0.4) is 0 Å². The molecule has 1 aliphatic heterocycles. The molecule has 2 unspecified atom stereocenters. The van der Waals surface area contributed by atoms with Gasteiger partial charge in [0.15, 0.2) is 0 Å². The van der Waals surface area contributed by atoms with Crippen LogP contribution < -0.4 is 10.9 Å². The van der Waals surface area contributed by atoms with Crippen molar-refractivity contribution in [1.82, 2.24) is 0 Å². The number of nitrogens with two attached hydrogens (primary N) is 2. The van der Waals surface area contributed by atoms with Gasteiger partial charge < -0.3 is 5.73 Å². The summed E-state index contributed by atoms with van der Waals surface area (Å²) in [6.07, 6.45) is 1.23. The second-order valence-corrected chi connectivity index (χ2v) is 7.07. The van der Waals surface area contributed by atoms with Crippen LogP contribution >= 0.6 is 11.1 Å². The van der Waals surface area contributed by atoms with E-state index in [4.69, 9.17) is 10.9 Å². The Balaban J connectivity index is 2.70. The van der Waals surface area contributed by atoms with Crippen molar-refractivity contribution in [3.05, 3.63) is 0 Å². The minimum Gasteiger partial charge on any atom is -0.330 e. The van der Waals surface area contributed by atoms with Crippen molar-refractivity contribution >= 4 is 11.1 Å². The molecule has 12 heavy (non-hydrogen) atoms. The lowest BCUT2D eigenvalue weighted by molar-refractivity contribution is 0.216. The van der Waals surface area contributed by atoms with E-state index in [1.54, 1.807) is 0 Å². The molecule has 1 aliphatic rings. The van der Waals surface area contributed by atoms with Gasteiger partial charge in [-0.25, -0.2) is 11.1 Å². The Hall–Kier alpha value is 0.270. The van der Waals surface area contributed by atoms with E-state index in [-0.39, 0.29) is 11.1 Å². The molecule has 0 aromatic heterocycles. The molecule has 74 valence electrons. The summed E-state index contributed by atoms with van der Waals surface area (Å²) in [6, 6.07) is 0. The maximum Gasteiger partial charge on any atom is -0.00153 e. The molecule has 1 fully saturated rings. The first kappa shape index (κ1) is 10.4. The standard InChI is InChI=1S/C9H22N2S/c1-8(2)4-9(3,5-10)7-12(11)6-8/h12H,4-7,10-11H2,1-3H3. The van der Waals surface area contributed by atoms with Gasteiger partial charge in [-0.3, -0.25) is 5.14 Å². The number of thiol groups is 1. The van der Waals surface area contributed by atoms with Crippen LogP contribution in [0.1, 0.15) is 27.2 Å². The van der Waals surface area contributed by atoms with Crippen LogP contribution in [0.2, 0.25) is 0 Å². The van der Waals surface area contributed by atoms with E-state index in [9.17, 15) is 0 Å². The van der Waals surface area contributed by atoms with Crippen LogP contribution in [0, 0.1) is 10.8 Å². The molecular weight excluding hydrogens is 168 g/mol. The van der Waals surface area contributed by atoms with Crippen LogP contribution in [0.25, 0.3) is 0 Å². The minimum absolute atomic E-state index is 0.253. The highest BCUT2D eigenvalue weighted by molar-refractivity contribution is 8.15. The van der Waals surface area contributed by atoms with E-state index in [0.717, 1.165) is 12.3 Å². The van der Waals surface area contributed by atoms with Crippen molar-refractivity contribution in [1.29, 1.82) is 0 Å². The summed E-state index contributed by atoms with van der Waals surface area (Å²) in [4.78, 5) is 0. The molecule has 0 radical (unpaired) electrons. The first-order valence-corrected chi connectivity index (χ1v) is 6.35. The predicted molar refractivity (Wildman–Crippen MR) is 58.5 cm³/mol. The molecule has 0 spiro atoms. The summed E-state index contributed by atoms with van der Waals surface area (Å²) in [5, 5.41) is 6.07. The maximum atomic E-state index is 6.07. The fourth-order valence-electron chi connectivity index (χ4n) is 2.50. The molecule has 0 amide bonds. The van der Waals surface area contributed by atoms with Gasteiger partial charge in [0.05, 0.1) is 0 Å². The van der Waals surface area contributed by atoms with Crippen LogP contribution in [0.15, 0.2) is 0 Å². The van der Waals surface area contributed by atoms with Gasteiger partial charge in [0, 0.05) is 0 Å².